The van der Waals surface area contributed by atoms with E-state index in [9.17, 15) is 18.0 Å². The highest BCUT2D eigenvalue weighted by molar-refractivity contribution is 7.85. The van der Waals surface area contributed by atoms with Crippen LogP contribution >= 0.6 is 0 Å². The largest absolute Gasteiger partial charge is 0.294 e. The second-order valence-electron chi connectivity index (χ2n) is 2.48. The standard InChI is InChI=1S/C8H6O5S/c9-5-8(10)6-1-3-7(4-2-6)14(11,12)13/h1-5H,(H,11,12,13). The minimum Gasteiger partial charge on any atom is -0.294 e. The molecule has 0 aliphatic heterocycles. The summed E-state index contributed by atoms with van der Waals surface area (Å²) in [6.45, 7) is 0. The Labute approximate surface area is 80.1 Å². The normalized spacial score (nSPS) is 10.9. The molecule has 0 aromatic heterocycles. The first-order chi connectivity index (χ1) is 6.45. The van der Waals surface area contributed by atoms with Gasteiger partial charge in [0.05, 0.1) is 4.90 Å². The molecule has 1 aromatic carbocycles. The maximum atomic E-state index is 10.8. The van der Waals surface area contributed by atoms with E-state index in [2.05, 4.69) is 0 Å². The predicted octanol–water partition coefficient (Wildman–Crippen LogP) is 0.315. The van der Waals surface area contributed by atoms with Crippen LogP contribution in [-0.2, 0) is 14.9 Å². The minimum atomic E-state index is -4.25. The van der Waals surface area contributed by atoms with Crippen molar-refractivity contribution >= 4 is 22.2 Å². The predicted molar refractivity (Wildman–Crippen MR) is 46.7 cm³/mol. The molecule has 0 saturated heterocycles. The van der Waals surface area contributed by atoms with Gasteiger partial charge in [0.25, 0.3) is 10.1 Å². The number of carbonyl (C=O) groups excluding carboxylic acids is 2. The van der Waals surface area contributed by atoms with Crippen LogP contribution in [0.1, 0.15) is 10.4 Å². The lowest BCUT2D eigenvalue weighted by Crippen LogP contribution is -2.02. The summed E-state index contributed by atoms with van der Waals surface area (Å²) in [5.41, 5.74) is 0.0763. The van der Waals surface area contributed by atoms with Crippen LogP contribution in [0.25, 0.3) is 0 Å². The van der Waals surface area contributed by atoms with Crippen LogP contribution in [0, 0.1) is 0 Å². The molecule has 0 atom stereocenters. The highest BCUT2D eigenvalue weighted by atomic mass is 32.2. The maximum Gasteiger partial charge on any atom is 0.294 e. The molecule has 5 nitrogen and oxygen atoms in total. The van der Waals surface area contributed by atoms with Gasteiger partial charge in [-0.15, -0.1) is 0 Å². The molecule has 0 heterocycles. The van der Waals surface area contributed by atoms with E-state index in [0.29, 0.717) is 0 Å². The molecule has 6 heteroatoms. The lowest BCUT2D eigenvalue weighted by atomic mass is 10.1. The average Bonchev–Trinajstić information content (AvgIpc) is 2.15. The van der Waals surface area contributed by atoms with Gasteiger partial charge < -0.3 is 0 Å². The maximum absolute atomic E-state index is 10.8. The molecule has 1 N–H and O–H groups in total. The van der Waals surface area contributed by atoms with Crippen molar-refractivity contribution in [3.05, 3.63) is 29.8 Å². The van der Waals surface area contributed by atoms with Gasteiger partial charge in [0.15, 0.2) is 6.29 Å². The molecular weight excluding hydrogens is 208 g/mol. The monoisotopic (exact) mass is 214 g/mol. The molecule has 0 aliphatic carbocycles. The molecule has 0 bridgehead atoms. The zero-order valence-electron chi connectivity index (χ0n) is 6.88. The van der Waals surface area contributed by atoms with Crippen molar-refractivity contribution in [1.82, 2.24) is 0 Å². The summed E-state index contributed by atoms with van der Waals surface area (Å²) in [6.07, 6.45) is 0.127. The quantitative estimate of drug-likeness (QED) is 0.338. The van der Waals surface area contributed by atoms with Crippen molar-refractivity contribution in [2.45, 2.75) is 4.90 Å². The van der Waals surface area contributed by atoms with Crippen molar-refractivity contribution in [3.63, 3.8) is 0 Å². The third-order valence-electron chi connectivity index (χ3n) is 1.54. The molecule has 74 valence electrons. The van der Waals surface area contributed by atoms with Gasteiger partial charge in [-0.25, -0.2) is 0 Å². The highest BCUT2D eigenvalue weighted by Gasteiger charge is 2.10. The fraction of sp³-hybridized carbons (Fsp3) is 0. The summed E-state index contributed by atoms with van der Waals surface area (Å²) < 4.78 is 29.8. The van der Waals surface area contributed by atoms with Crippen molar-refractivity contribution < 1.29 is 22.6 Å². The Bertz CT molecular complexity index is 457. The molecule has 0 unspecified atom stereocenters. The first kappa shape index (κ1) is 10.6. The Morgan fingerprint density at radius 2 is 1.71 bits per heavy atom. The van der Waals surface area contributed by atoms with Crippen LogP contribution in [-0.4, -0.2) is 25.0 Å². The lowest BCUT2D eigenvalue weighted by Gasteiger charge is -1.97. The van der Waals surface area contributed by atoms with E-state index >= 15 is 0 Å². The Morgan fingerprint density at radius 1 is 1.21 bits per heavy atom. The summed E-state index contributed by atoms with van der Waals surface area (Å²) >= 11 is 0. The molecule has 0 aliphatic rings. The minimum absolute atomic E-state index is 0.0763. The second-order valence-corrected chi connectivity index (χ2v) is 3.90. The van der Waals surface area contributed by atoms with E-state index in [4.69, 9.17) is 4.55 Å². The van der Waals surface area contributed by atoms with E-state index in [1.165, 1.54) is 0 Å². The van der Waals surface area contributed by atoms with E-state index in [0.717, 1.165) is 24.3 Å². The van der Waals surface area contributed by atoms with Gasteiger partial charge in [0.1, 0.15) is 0 Å². The van der Waals surface area contributed by atoms with Gasteiger partial charge in [-0.1, -0.05) is 0 Å². The lowest BCUT2D eigenvalue weighted by molar-refractivity contribution is -0.104. The number of hydrogen-bond acceptors (Lipinski definition) is 4. The number of Topliss-reactive ketones (excluding diaryl/α,β-unsaturated/α-hetero) is 1. The van der Waals surface area contributed by atoms with Crippen LogP contribution in [0.15, 0.2) is 29.2 Å². The van der Waals surface area contributed by atoms with Crippen molar-refractivity contribution in [2.24, 2.45) is 0 Å². The molecule has 0 spiro atoms. The Hall–Kier alpha value is -1.53. The molecule has 0 amide bonds. The molecule has 1 aromatic rings. The zero-order valence-corrected chi connectivity index (χ0v) is 7.69. The van der Waals surface area contributed by atoms with Crippen LogP contribution in [0.5, 0.6) is 0 Å². The topological polar surface area (TPSA) is 88.5 Å². The fourth-order valence-electron chi connectivity index (χ4n) is 0.859. The van der Waals surface area contributed by atoms with E-state index in [1.807, 2.05) is 0 Å². The SMILES string of the molecule is O=CC(=O)c1ccc(S(=O)(=O)O)cc1. The Balaban J connectivity index is 3.13. The highest BCUT2D eigenvalue weighted by Crippen LogP contribution is 2.09. The molecule has 1 rings (SSSR count). The van der Waals surface area contributed by atoms with Crippen LogP contribution in [0.4, 0.5) is 0 Å². The number of carbonyl (C=O) groups is 2. The van der Waals surface area contributed by atoms with Gasteiger partial charge in [0.2, 0.25) is 5.78 Å². The van der Waals surface area contributed by atoms with Gasteiger partial charge in [-0.05, 0) is 24.3 Å². The van der Waals surface area contributed by atoms with Crippen LogP contribution in [0.2, 0.25) is 0 Å². The number of hydrogen-bond donors (Lipinski definition) is 1. The van der Waals surface area contributed by atoms with Gasteiger partial charge >= 0.3 is 0 Å². The zero-order chi connectivity index (χ0) is 10.8. The number of ketones is 1. The van der Waals surface area contributed by atoms with Gasteiger partial charge in [0, 0.05) is 5.56 Å². The molecule has 0 saturated carbocycles. The molecule has 0 fully saturated rings. The van der Waals surface area contributed by atoms with Crippen LogP contribution < -0.4 is 0 Å². The third-order valence-corrected chi connectivity index (χ3v) is 2.41. The average molecular weight is 214 g/mol. The van der Waals surface area contributed by atoms with Gasteiger partial charge in [-0.2, -0.15) is 8.42 Å². The van der Waals surface area contributed by atoms with Crippen LogP contribution in [0.3, 0.4) is 0 Å². The summed E-state index contributed by atoms with van der Waals surface area (Å²) in [5, 5.41) is 0. The smallest absolute Gasteiger partial charge is 0.294 e. The molecule has 14 heavy (non-hydrogen) atoms. The summed E-state index contributed by atoms with van der Waals surface area (Å²) in [4.78, 5) is 20.5. The van der Waals surface area contributed by atoms with E-state index in [-0.39, 0.29) is 16.7 Å². The fourth-order valence-corrected chi connectivity index (χ4v) is 1.34. The second kappa shape index (κ2) is 3.69. The summed E-state index contributed by atoms with van der Waals surface area (Å²) in [7, 11) is -4.25. The first-order valence-corrected chi connectivity index (χ1v) is 4.96. The Kier molecular flexibility index (Phi) is 2.78. The van der Waals surface area contributed by atoms with Crippen molar-refractivity contribution in [3.8, 4) is 0 Å². The van der Waals surface area contributed by atoms with Crippen molar-refractivity contribution in [2.75, 3.05) is 0 Å². The molecular formula is C8H6O5S. The summed E-state index contributed by atoms with van der Waals surface area (Å²) in [5.74, 6) is -0.744. The van der Waals surface area contributed by atoms with Gasteiger partial charge in [-0.3, -0.25) is 14.1 Å². The number of aldehydes is 1. The van der Waals surface area contributed by atoms with E-state index < -0.39 is 15.9 Å². The van der Waals surface area contributed by atoms with Crippen molar-refractivity contribution in [1.29, 1.82) is 0 Å². The third kappa shape index (κ3) is 2.24. The first-order valence-electron chi connectivity index (χ1n) is 3.52. The Morgan fingerprint density at radius 3 is 2.07 bits per heavy atom. The molecule has 0 radical (unpaired) electrons. The number of rotatable bonds is 3. The van der Waals surface area contributed by atoms with E-state index in [1.54, 1.807) is 0 Å². The summed E-state index contributed by atoms with van der Waals surface area (Å²) in [6, 6.07) is 4.40. The number of benzene rings is 1.